The van der Waals surface area contributed by atoms with Gasteiger partial charge in [-0.15, -0.1) is 11.3 Å². The van der Waals surface area contributed by atoms with Crippen molar-refractivity contribution in [1.29, 1.82) is 0 Å². The molecule has 0 aliphatic rings. The zero-order chi connectivity index (χ0) is 17.0. The molecule has 2 unspecified atom stereocenters. The lowest BCUT2D eigenvalue weighted by atomic mass is 10.0. The van der Waals surface area contributed by atoms with Gasteiger partial charge in [-0.25, -0.2) is 9.37 Å². The smallest absolute Gasteiger partial charge is 0.263 e. The van der Waals surface area contributed by atoms with E-state index in [-0.39, 0.29) is 11.7 Å². The second kappa shape index (κ2) is 7.63. The van der Waals surface area contributed by atoms with Crippen molar-refractivity contribution in [3.8, 4) is 0 Å². The number of aliphatic hydroxyl groups excluding tert-OH is 1. The zero-order valence-electron chi connectivity index (χ0n) is 13.2. The van der Waals surface area contributed by atoms with Crippen LogP contribution in [0.2, 0.25) is 0 Å². The Labute approximate surface area is 138 Å². The van der Waals surface area contributed by atoms with Crippen LogP contribution in [-0.4, -0.2) is 29.1 Å². The Bertz CT molecular complexity index is 672. The van der Waals surface area contributed by atoms with Crippen molar-refractivity contribution >= 4 is 17.2 Å². The molecule has 2 N–H and O–H groups in total. The number of nitrogens with zero attached hydrogens (tertiary/aromatic N) is 1. The van der Waals surface area contributed by atoms with E-state index < -0.39 is 12.1 Å². The summed E-state index contributed by atoms with van der Waals surface area (Å²) in [5, 5.41) is 13.7. The molecular weight excluding hydrogens is 319 g/mol. The van der Waals surface area contributed by atoms with Crippen LogP contribution >= 0.6 is 11.3 Å². The standard InChI is InChI=1S/C16H19FN2O3S/c1-9(14(20)11-4-6-12(17)7-5-11)19-16(21)15-10(2)18-13(23-15)8-22-3/h4-7,9,14,20H,8H2,1-3H3,(H,19,21). The molecule has 0 fully saturated rings. The topological polar surface area (TPSA) is 71.5 Å². The summed E-state index contributed by atoms with van der Waals surface area (Å²) in [4.78, 5) is 17.1. The molecule has 124 valence electrons. The molecular formula is C16H19FN2O3S. The predicted octanol–water partition coefficient (Wildman–Crippen LogP) is 2.59. The summed E-state index contributed by atoms with van der Waals surface area (Å²) < 4.78 is 17.9. The van der Waals surface area contributed by atoms with E-state index in [9.17, 15) is 14.3 Å². The molecule has 0 radical (unpaired) electrons. The highest BCUT2D eigenvalue weighted by atomic mass is 32.1. The van der Waals surface area contributed by atoms with Gasteiger partial charge in [0.2, 0.25) is 0 Å². The average molecular weight is 338 g/mol. The molecule has 1 aromatic carbocycles. The molecule has 23 heavy (non-hydrogen) atoms. The lowest BCUT2D eigenvalue weighted by molar-refractivity contribution is 0.0855. The third-order valence-corrected chi connectivity index (χ3v) is 4.49. The maximum atomic E-state index is 12.9. The highest BCUT2D eigenvalue weighted by molar-refractivity contribution is 7.13. The number of aromatic nitrogens is 1. The summed E-state index contributed by atoms with van der Waals surface area (Å²) in [6.45, 7) is 3.80. The summed E-state index contributed by atoms with van der Waals surface area (Å²) in [7, 11) is 1.57. The minimum Gasteiger partial charge on any atom is -0.386 e. The van der Waals surface area contributed by atoms with Crippen molar-refractivity contribution in [2.45, 2.75) is 32.6 Å². The van der Waals surface area contributed by atoms with Crippen LogP contribution in [0.4, 0.5) is 4.39 Å². The Morgan fingerprint density at radius 3 is 2.70 bits per heavy atom. The molecule has 7 heteroatoms. The first kappa shape index (κ1) is 17.5. The van der Waals surface area contributed by atoms with E-state index in [1.165, 1.54) is 35.6 Å². The lowest BCUT2D eigenvalue weighted by Gasteiger charge is -2.20. The van der Waals surface area contributed by atoms with Gasteiger partial charge in [0.05, 0.1) is 24.4 Å². The Morgan fingerprint density at radius 2 is 2.09 bits per heavy atom. The van der Waals surface area contributed by atoms with Crippen molar-refractivity contribution in [2.75, 3.05) is 7.11 Å². The number of amides is 1. The number of rotatable bonds is 6. The van der Waals surface area contributed by atoms with Gasteiger partial charge in [0.1, 0.15) is 15.7 Å². The van der Waals surface area contributed by atoms with E-state index >= 15 is 0 Å². The fraction of sp³-hybridized carbons (Fsp3) is 0.375. The third kappa shape index (κ3) is 4.34. The number of aliphatic hydroxyl groups is 1. The van der Waals surface area contributed by atoms with Gasteiger partial charge < -0.3 is 15.2 Å². The Hall–Kier alpha value is -1.83. The van der Waals surface area contributed by atoms with Crippen molar-refractivity contribution in [3.05, 3.63) is 51.2 Å². The zero-order valence-corrected chi connectivity index (χ0v) is 14.0. The third-order valence-electron chi connectivity index (χ3n) is 3.36. The minimum absolute atomic E-state index is 0.295. The number of ether oxygens (including phenoxy) is 1. The number of carbonyl (C=O) groups is 1. The lowest BCUT2D eigenvalue weighted by Crippen LogP contribution is -2.37. The van der Waals surface area contributed by atoms with Crippen LogP contribution in [0.1, 0.15) is 39.0 Å². The Kier molecular flexibility index (Phi) is 5.81. The van der Waals surface area contributed by atoms with Gasteiger partial charge in [-0.2, -0.15) is 0 Å². The molecule has 2 rings (SSSR count). The van der Waals surface area contributed by atoms with Crippen LogP contribution in [0, 0.1) is 12.7 Å². The van der Waals surface area contributed by atoms with Crippen molar-refractivity contribution in [2.24, 2.45) is 0 Å². The van der Waals surface area contributed by atoms with E-state index in [0.29, 0.717) is 22.7 Å². The number of halogens is 1. The summed E-state index contributed by atoms with van der Waals surface area (Å²) in [5.41, 5.74) is 1.17. The first-order valence-electron chi connectivity index (χ1n) is 7.12. The van der Waals surface area contributed by atoms with Gasteiger partial charge in [0, 0.05) is 7.11 Å². The van der Waals surface area contributed by atoms with Crippen LogP contribution in [0.25, 0.3) is 0 Å². The van der Waals surface area contributed by atoms with Gasteiger partial charge in [0.25, 0.3) is 5.91 Å². The van der Waals surface area contributed by atoms with Gasteiger partial charge in [-0.05, 0) is 31.5 Å². The van der Waals surface area contributed by atoms with Crippen LogP contribution < -0.4 is 5.32 Å². The van der Waals surface area contributed by atoms with E-state index in [1.807, 2.05) is 0 Å². The van der Waals surface area contributed by atoms with Crippen LogP contribution in [0.5, 0.6) is 0 Å². The van der Waals surface area contributed by atoms with Crippen LogP contribution in [0.15, 0.2) is 24.3 Å². The predicted molar refractivity (Wildman–Crippen MR) is 85.9 cm³/mol. The van der Waals surface area contributed by atoms with Gasteiger partial charge in [-0.1, -0.05) is 12.1 Å². The number of hydrogen-bond donors (Lipinski definition) is 2. The summed E-state index contributed by atoms with van der Waals surface area (Å²) in [6, 6.07) is 5.02. The molecule has 0 aliphatic carbocycles. The fourth-order valence-corrected chi connectivity index (χ4v) is 3.09. The average Bonchev–Trinajstić information content (AvgIpc) is 2.88. The number of methoxy groups -OCH3 is 1. The number of nitrogens with one attached hydrogen (secondary N) is 1. The van der Waals surface area contributed by atoms with Gasteiger partial charge in [-0.3, -0.25) is 4.79 Å². The number of benzene rings is 1. The summed E-state index contributed by atoms with van der Waals surface area (Å²) >= 11 is 1.26. The maximum Gasteiger partial charge on any atom is 0.263 e. The largest absolute Gasteiger partial charge is 0.386 e. The van der Waals surface area contributed by atoms with Gasteiger partial charge >= 0.3 is 0 Å². The van der Waals surface area contributed by atoms with E-state index in [0.717, 1.165) is 5.01 Å². The summed E-state index contributed by atoms with van der Waals surface area (Å²) in [6.07, 6.45) is -0.925. The number of hydrogen-bond acceptors (Lipinski definition) is 5. The molecule has 0 aliphatic heterocycles. The summed E-state index contributed by atoms with van der Waals surface area (Å²) in [5.74, 6) is -0.667. The van der Waals surface area contributed by atoms with Crippen molar-refractivity contribution in [3.63, 3.8) is 0 Å². The van der Waals surface area contributed by atoms with Gasteiger partial charge in [0.15, 0.2) is 0 Å². The fourth-order valence-electron chi connectivity index (χ4n) is 2.15. The molecule has 5 nitrogen and oxygen atoms in total. The molecule has 2 aromatic rings. The molecule has 0 saturated heterocycles. The van der Waals surface area contributed by atoms with Crippen LogP contribution in [-0.2, 0) is 11.3 Å². The Balaban J connectivity index is 2.05. The highest BCUT2D eigenvalue weighted by Crippen LogP contribution is 2.21. The maximum absolute atomic E-state index is 12.9. The number of carbonyl (C=O) groups excluding carboxylic acids is 1. The molecule has 0 spiro atoms. The first-order chi connectivity index (χ1) is 10.9. The van der Waals surface area contributed by atoms with Crippen molar-refractivity contribution in [1.82, 2.24) is 10.3 Å². The second-order valence-electron chi connectivity index (χ2n) is 5.21. The molecule has 0 saturated carbocycles. The number of thiazole rings is 1. The molecule has 0 bridgehead atoms. The minimum atomic E-state index is -0.925. The SMILES string of the molecule is COCc1nc(C)c(C(=O)NC(C)C(O)c2ccc(F)cc2)s1. The first-order valence-corrected chi connectivity index (χ1v) is 7.93. The van der Waals surface area contributed by atoms with Crippen molar-refractivity contribution < 1.29 is 19.0 Å². The Morgan fingerprint density at radius 1 is 1.43 bits per heavy atom. The number of aryl methyl sites for hydroxylation is 1. The molecule has 1 amide bonds. The quantitative estimate of drug-likeness (QED) is 0.849. The molecule has 1 heterocycles. The molecule has 1 aromatic heterocycles. The van der Waals surface area contributed by atoms with Crippen LogP contribution in [0.3, 0.4) is 0 Å². The normalized spacial score (nSPS) is 13.6. The highest BCUT2D eigenvalue weighted by Gasteiger charge is 2.22. The molecule has 2 atom stereocenters. The van der Waals surface area contributed by atoms with E-state index in [2.05, 4.69) is 10.3 Å². The monoisotopic (exact) mass is 338 g/mol. The van der Waals surface area contributed by atoms with E-state index in [1.54, 1.807) is 21.0 Å². The second-order valence-corrected chi connectivity index (χ2v) is 6.30. The van der Waals surface area contributed by atoms with E-state index in [4.69, 9.17) is 4.74 Å².